The maximum absolute atomic E-state index is 12.5. The number of hydrogen-bond donors (Lipinski definition) is 0. The predicted octanol–water partition coefficient (Wildman–Crippen LogP) is 0.676. The van der Waals surface area contributed by atoms with Crippen LogP contribution in [0.3, 0.4) is 0 Å². The molecule has 5 heteroatoms. The molecule has 1 aliphatic heterocycles. The summed E-state index contributed by atoms with van der Waals surface area (Å²) >= 11 is 0. The van der Waals surface area contributed by atoms with Crippen LogP contribution in [0.1, 0.15) is 44.1 Å². The van der Waals surface area contributed by atoms with Gasteiger partial charge in [0.15, 0.2) is 0 Å². The van der Waals surface area contributed by atoms with E-state index in [0.717, 1.165) is 25.1 Å². The number of ether oxygens (including phenoxy) is 1. The normalized spacial score (nSPS) is 17.9. The molecule has 0 N–H and O–H groups in total. The van der Waals surface area contributed by atoms with E-state index in [-0.39, 0.29) is 24.0 Å². The zero-order valence-electron chi connectivity index (χ0n) is 11.8. The molecule has 1 unspecified atom stereocenters. The molecule has 0 amide bonds. The van der Waals surface area contributed by atoms with E-state index in [1.54, 1.807) is 13.1 Å². The SMILES string of the molecule is CCOC(=O)Cc1c[n+](C)c2n(c1=O)C(C)CCC2. The van der Waals surface area contributed by atoms with Crippen LogP contribution in [0.25, 0.3) is 0 Å². The van der Waals surface area contributed by atoms with Crippen LogP contribution in [0.2, 0.25) is 0 Å². The van der Waals surface area contributed by atoms with Gasteiger partial charge in [-0.2, -0.15) is 4.57 Å². The maximum Gasteiger partial charge on any atom is 0.341 e. The van der Waals surface area contributed by atoms with Gasteiger partial charge in [-0.05, 0) is 26.7 Å². The van der Waals surface area contributed by atoms with Gasteiger partial charge in [0.1, 0.15) is 12.2 Å². The average Bonchev–Trinajstić information content (AvgIpc) is 2.35. The quantitative estimate of drug-likeness (QED) is 0.596. The van der Waals surface area contributed by atoms with Crippen molar-refractivity contribution in [1.82, 2.24) is 4.57 Å². The molecule has 0 saturated heterocycles. The summed E-state index contributed by atoms with van der Waals surface area (Å²) in [5.74, 6) is 0.694. The fourth-order valence-electron chi connectivity index (χ4n) is 2.73. The minimum absolute atomic E-state index is 0.0478. The Bertz CT molecular complexity index is 548. The van der Waals surface area contributed by atoms with Crippen LogP contribution in [0.5, 0.6) is 0 Å². The highest BCUT2D eigenvalue weighted by Gasteiger charge is 2.28. The largest absolute Gasteiger partial charge is 0.466 e. The fourth-order valence-corrected chi connectivity index (χ4v) is 2.73. The van der Waals surface area contributed by atoms with Gasteiger partial charge < -0.3 is 4.74 Å². The predicted molar refractivity (Wildman–Crippen MR) is 69.9 cm³/mol. The Morgan fingerprint density at radius 3 is 3.00 bits per heavy atom. The number of fused-ring (bicyclic) bond motifs is 1. The van der Waals surface area contributed by atoms with Crippen LogP contribution in [-0.2, 0) is 29.4 Å². The van der Waals surface area contributed by atoms with Crippen molar-refractivity contribution in [2.24, 2.45) is 7.05 Å². The standard InChI is InChI=1S/C14H21N2O3/c1-4-19-13(17)8-11-9-15(3)12-7-5-6-10(2)16(12)14(11)18/h9-10H,4-8H2,1-3H3/q+1. The molecule has 0 fully saturated rings. The molecule has 0 radical (unpaired) electrons. The zero-order valence-corrected chi connectivity index (χ0v) is 11.8. The molecule has 0 saturated carbocycles. The first-order valence-corrected chi connectivity index (χ1v) is 6.83. The number of carbonyl (C=O) groups is 1. The van der Waals surface area contributed by atoms with Crippen molar-refractivity contribution in [2.45, 2.75) is 45.6 Å². The summed E-state index contributed by atoms with van der Waals surface area (Å²) < 4.78 is 8.71. The van der Waals surface area contributed by atoms with E-state index in [9.17, 15) is 9.59 Å². The minimum atomic E-state index is -0.344. The lowest BCUT2D eigenvalue weighted by atomic mass is 10.0. The van der Waals surface area contributed by atoms with Gasteiger partial charge in [-0.25, -0.2) is 9.36 Å². The van der Waals surface area contributed by atoms with Crippen molar-refractivity contribution in [1.29, 1.82) is 0 Å². The third-order valence-electron chi connectivity index (χ3n) is 3.63. The maximum atomic E-state index is 12.5. The molecule has 2 rings (SSSR count). The Morgan fingerprint density at radius 1 is 1.58 bits per heavy atom. The van der Waals surface area contributed by atoms with Gasteiger partial charge in [0.05, 0.1) is 25.6 Å². The monoisotopic (exact) mass is 265 g/mol. The van der Waals surface area contributed by atoms with Crippen LogP contribution >= 0.6 is 0 Å². The molecule has 104 valence electrons. The highest BCUT2D eigenvalue weighted by atomic mass is 16.5. The molecule has 1 atom stereocenters. The summed E-state index contributed by atoms with van der Waals surface area (Å²) in [6.07, 6.45) is 4.84. The molecule has 1 aromatic heterocycles. The lowest BCUT2D eigenvalue weighted by molar-refractivity contribution is -0.685. The van der Waals surface area contributed by atoms with Gasteiger partial charge >= 0.3 is 11.5 Å². The molecular weight excluding hydrogens is 244 g/mol. The Morgan fingerprint density at radius 2 is 2.32 bits per heavy atom. The van der Waals surface area contributed by atoms with Crippen molar-refractivity contribution >= 4 is 5.97 Å². The van der Waals surface area contributed by atoms with Gasteiger partial charge in [-0.1, -0.05) is 0 Å². The molecule has 0 bridgehead atoms. The second-order valence-corrected chi connectivity index (χ2v) is 5.08. The first-order valence-electron chi connectivity index (χ1n) is 6.83. The second kappa shape index (κ2) is 5.55. The number of hydrogen-bond acceptors (Lipinski definition) is 3. The smallest absolute Gasteiger partial charge is 0.341 e. The van der Waals surface area contributed by atoms with Gasteiger partial charge in [0.2, 0.25) is 0 Å². The lowest BCUT2D eigenvalue weighted by Crippen LogP contribution is -2.47. The van der Waals surface area contributed by atoms with Crippen LogP contribution in [0.15, 0.2) is 11.0 Å². The van der Waals surface area contributed by atoms with E-state index in [1.165, 1.54) is 0 Å². The third kappa shape index (κ3) is 2.69. The molecule has 1 aliphatic rings. The Balaban J connectivity index is 2.42. The topological polar surface area (TPSA) is 52.2 Å². The summed E-state index contributed by atoms with van der Waals surface area (Å²) in [6.45, 7) is 4.16. The van der Waals surface area contributed by atoms with Gasteiger partial charge in [-0.3, -0.25) is 4.79 Å². The molecule has 5 nitrogen and oxygen atoms in total. The second-order valence-electron chi connectivity index (χ2n) is 5.08. The average molecular weight is 265 g/mol. The van der Waals surface area contributed by atoms with Crippen molar-refractivity contribution in [2.75, 3.05) is 6.61 Å². The van der Waals surface area contributed by atoms with Gasteiger partial charge in [0.25, 0.3) is 5.82 Å². The molecule has 0 spiro atoms. The molecule has 1 aromatic rings. The third-order valence-corrected chi connectivity index (χ3v) is 3.63. The van der Waals surface area contributed by atoms with Crippen LogP contribution in [0, 0.1) is 0 Å². The van der Waals surface area contributed by atoms with Crippen molar-refractivity contribution < 1.29 is 14.1 Å². The number of esters is 1. The summed E-state index contributed by atoms with van der Waals surface area (Å²) in [7, 11) is 1.93. The first kappa shape index (κ1) is 13.8. The molecular formula is C14H21N2O3+. The van der Waals surface area contributed by atoms with E-state index in [1.807, 2.05) is 16.2 Å². The van der Waals surface area contributed by atoms with Crippen molar-refractivity contribution in [3.05, 3.63) is 27.9 Å². The van der Waals surface area contributed by atoms with E-state index < -0.39 is 0 Å². The number of aryl methyl sites for hydroxylation is 1. The Labute approximate surface area is 112 Å². The van der Waals surface area contributed by atoms with E-state index in [0.29, 0.717) is 12.2 Å². The number of carbonyl (C=O) groups excluding carboxylic acids is 1. The fraction of sp³-hybridized carbons (Fsp3) is 0.643. The molecule has 0 aliphatic carbocycles. The van der Waals surface area contributed by atoms with Gasteiger partial charge in [-0.15, -0.1) is 0 Å². The molecule has 2 heterocycles. The minimum Gasteiger partial charge on any atom is -0.466 e. The summed E-state index contributed by atoms with van der Waals surface area (Å²) in [6, 6.07) is 0.199. The van der Waals surface area contributed by atoms with Crippen LogP contribution in [0.4, 0.5) is 0 Å². The number of nitrogens with zero attached hydrogens (tertiary/aromatic N) is 2. The van der Waals surface area contributed by atoms with Crippen LogP contribution < -0.4 is 10.1 Å². The lowest BCUT2D eigenvalue weighted by Gasteiger charge is -2.20. The van der Waals surface area contributed by atoms with Crippen molar-refractivity contribution in [3.63, 3.8) is 0 Å². The summed E-state index contributed by atoms with van der Waals surface area (Å²) in [4.78, 5) is 24.0. The van der Waals surface area contributed by atoms with E-state index in [4.69, 9.17) is 4.74 Å². The van der Waals surface area contributed by atoms with Gasteiger partial charge in [0, 0.05) is 6.42 Å². The Hall–Kier alpha value is -1.65. The highest BCUT2D eigenvalue weighted by Crippen LogP contribution is 2.19. The van der Waals surface area contributed by atoms with E-state index >= 15 is 0 Å². The number of aromatic nitrogens is 2. The molecule has 0 aromatic carbocycles. The first-order chi connectivity index (χ1) is 9.04. The van der Waals surface area contributed by atoms with Crippen LogP contribution in [-0.4, -0.2) is 17.1 Å². The van der Waals surface area contributed by atoms with E-state index in [2.05, 4.69) is 6.92 Å². The number of rotatable bonds is 3. The van der Waals surface area contributed by atoms with Crippen molar-refractivity contribution in [3.8, 4) is 0 Å². The summed E-state index contributed by atoms with van der Waals surface area (Å²) in [5, 5.41) is 0. The molecule has 19 heavy (non-hydrogen) atoms. The Kier molecular flexibility index (Phi) is 4.02. The summed E-state index contributed by atoms with van der Waals surface area (Å²) in [5.41, 5.74) is 0.465. The zero-order chi connectivity index (χ0) is 14.0. The highest BCUT2D eigenvalue weighted by molar-refractivity contribution is 5.72.